The summed E-state index contributed by atoms with van der Waals surface area (Å²) in [6.45, 7) is 12.2. The Kier molecular flexibility index (Phi) is 4.64. The van der Waals surface area contributed by atoms with Crippen molar-refractivity contribution < 1.29 is 4.79 Å². The molecule has 0 bridgehead atoms. The smallest absolute Gasteiger partial charge is 0.246 e. The predicted molar refractivity (Wildman–Crippen MR) is 51.6 cm³/mol. The van der Waals surface area contributed by atoms with E-state index in [0.717, 1.165) is 0 Å². The monoisotopic (exact) mass is 168 g/mol. The van der Waals surface area contributed by atoms with E-state index in [1.165, 1.54) is 5.92 Å². The fourth-order valence-electron chi connectivity index (χ4n) is 0.601. The van der Waals surface area contributed by atoms with Crippen LogP contribution in [0, 0.1) is 11.8 Å². The van der Waals surface area contributed by atoms with Crippen molar-refractivity contribution in [3.05, 3.63) is 18.1 Å². The summed E-state index contributed by atoms with van der Waals surface area (Å²) < 4.78 is 0. The number of hydrogen-bond acceptors (Lipinski definition) is 1. The number of nitrogens with one attached hydrogen (secondary N) is 1. The lowest BCUT2D eigenvalue weighted by Gasteiger charge is -2.15. The molecule has 0 fully saturated rings. The van der Waals surface area contributed by atoms with E-state index in [0.29, 0.717) is 18.0 Å². The minimum absolute atomic E-state index is 0.0527. The van der Waals surface area contributed by atoms with Gasteiger partial charge in [-0.1, -0.05) is 27.4 Å². The van der Waals surface area contributed by atoms with E-state index in [2.05, 4.69) is 32.7 Å². The SMILES string of the molecule is C=C(C)C(=O)NCC(C)[C](C)C. The van der Waals surface area contributed by atoms with Crippen LogP contribution in [0.25, 0.3) is 0 Å². The largest absolute Gasteiger partial charge is 0.352 e. The number of rotatable bonds is 4. The molecule has 0 heterocycles. The average molecular weight is 168 g/mol. The van der Waals surface area contributed by atoms with Gasteiger partial charge in [0.05, 0.1) is 0 Å². The van der Waals surface area contributed by atoms with Crippen molar-refractivity contribution in [1.82, 2.24) is 5.32 Å². The van der Waals surface area contributed by atoms with E-state index in [4.69, 9.17) is 0 Å². The minimum Gasteiger partial charge on any atom is -0.352 e. The zero-order valence-corrected chi connectivity index (χ0v) is 8.40. The molecular weight excluding hydrogens is 150 g/mol. The molecule has 0 aromatic rings. The molecule has 1 unspecified atom stereocenters. The van der Waals surface area contributed by atoms with E-state index >= 15 is 0 Å². The highest BCUT2D eigenvalue weighted by atomic mass is 16.1. The van der Waals surface area contributed by atoms with Crippen LogP contribution in [-0.4, -0.2) is 12.5 Å². The highest BCUT2D eigenvalue weighted by molar-refractivity contribution is 5.92. The molecular formula is C10H18NO. The van der Waals surface area contributed by atoms with Crippen molar-refractivity contribution in [2.24, 2.45) is 5.92 Å². The van der Waals surface area contributed by atoms with Gasteiger partial charge in [0, 0.05) is 12.1 Å². The van der Waals surface area contributed by atoms with Crippen LogP contribution in [0.15, 0.2) is 12.2 Å². The number of amides is 1. The Labute approximate surface area is 75.0 Å². The Bertz CT molecular complexity index is 173. The first-order valence-electron chi connectivity index (χ1n) is 4.19. The van der Waals surface area contributed by atoms with Crippen molar-refractivity contribution in [3.8, 4) is 0 Å². The van der Waals surface area contributed by atoms with Crippen LogP contribution in [-0.2, 0) is 4.79 Å². The Balaban J connectivity index is 3.69. The van der Waals surface area contributed by atoms with Crippen molar-refractivity contribution >= 4 is 5.91 Å². The normalized spacial score (nSPS) is 12.8. The molecule has 0 saturated carbocycles. The summed E-state index contributed by atoms with van der Waals surface area (Å²) >= 11 is 0. The molecule has 0 aromatic carbocycles. The van der Waals surface area contributed by atoms with Crippen molar-refractivity contribution in [3.63, 3.8) is 0 Å². The Morgan fingerprint density at radius 2 is 1.92 bits per heavy atom. The van der Waals surface area contributed by atoms with Gasteiger partial charge in [-0.05, 0) is 18.8 Å². The lowest BCUT2D eigenvalue weighted by Crippen LogP contribution is -2.29. The molecule has 0 rings (SSSR count). The van der Waals surface area contributed by atoms with Crippen LogP contribution < -0.4 is 5.32 Å². The highest BCUT2D eigenvalue weighted by Gasteiger charge is 2.08. The lowest BCUT2D eigenvalue weighted by molar-refractivity contribution is -0.117. The maximum absolute atomic E-state index is 11.0. The molecule has 0 aromatic heterocycles. The first-order valence-corrected chi connectivity index (χ1v) is 4.19. The van der Waals surface area contributed by atoms with Gasteiger partial charge in [-0.2, -0.15) is 0 Å². The van der Waals surface area contributed by atoms with Gasteiger partial charge in [0.25, 0.3) is 0 Å². The predicted octanol–water partition coefficient (Wildman–Crippen LogP) is 1.93. The van der Waals surface area contributed by atoms with E-state index in [1.807, 2.05) is 0 Å². The number of carbonyl (C=O) groups is 1. The average Bonchev–Trinajstić information content (AvgIpc) is 1.98. The van der Waals surface area contributed by atoms with E-state index in [1.54, 1.807) is 6.92 Å². The molecule has 0 aliphatic heterocycles. The van der Waals surface area contributed by atoms with Crippen molar-refractivity contribution in [2.75, 3.05) is 6.54 Å². The molecule has 1 radical (unpaired) electrons. The van der Waals surface area contributed by atoms with Crippen LogP contribution in [0.2, 0.25) is 0 Å². The van der Waals surface area contributed by atoms with Crippen LogP contribution >= 0.6 is 0 Å². The molecule has 1 N–H and O–H groups in total. The fraction of sp³-hybridized carbons (Fsp3) is 0.600. The zero-order chi connectivity index (χ0) is 9.72. The standard InChI is InChI=1S/C10H18NO/c1-7(2)9(5)6-11-10(12)8(3)4/h9H,3,6H2,1-2,4-5H3,(H,11,12). The van der Waals surface area contributed by atoms with Crippen LogP contribution in [0.5, 0.6) is 0 Å². The molecule has 1 atom stereocenters. The van der Waals surface area contributed by atoms with Gasteiger partial charge >= 0.3 is 0 Å². The van der Waals surface area contributed by atoms with Crippen molar-refractivity contribution in [2.45, 2.75) is 27.7 Å². The third-order valence-electron chi connectivity index (χ3n) is 1.94. The quantitative estimate of drug-likeness (QED) is 0.638. The van der Waals surface area contributed by atoms with Crippen LogP contribution in [0.1, 0.15) is 27.7 Å². The number of hydrogen-bond donors (Lipinski definition) is 1. The Morgan fingerprint density at radius 3 is 2.25 bits per heavy atom. The van der Waals surface area contributed by atoms with Gasteiger partial charge in [0.1, 0.15) is 0 Å². The fourth-order valence-corrected chi connectivity index (χ4v) is 0.601. The van der Waals surface area contributed by atoms with Crippen molar-refractivity contribution in [1.29, 1.82) is 0 Å². The second kappa shape index (κ2) is 4.96. The maximum Gasteiger partial charge on any atom is 0.246 e. The molecule has 2 nitrogen and oxygen atoms in total. The summed E-state index contributed by atoms with van der Waals surface area (Å²) in [6, 6.07) is 0. The topological polar surface area (TPSA) is 29.1 Å². The van der Waals surface area contributed by atoms with Gasteiger partial charge in [-0.3, -0.25) is 4.79 Å². The first kappa shape index (κ1) is 11.2. The maximum atomic E-state index is 11.0. The second-order valence-electron chi connectivity index (χ2n) is 3.47. The second-order valence-corrected chi connectivity index (χ2v) is 3.47. The Morgan fingerprint density at radius 1 is 1.42 bits per heavy atom. The Hall–Kier alpha value is -0.790. The van der Waals surface area contributed by atoms with Gasteiger partial charge in [0.2, 0.25) is 5.91 Å². The summed E-state index contributed by atoms with van der Waals surface area (Å²) in [5.41, 5.74) is 0.566. The zero-order valence-electron chi connectivity index (χ0n) is 8.40. The number of carbonyl (C=O) groups excluding carboxylic acids is 1. The van der Waals surface area contributed by atoms with Gasteiger partial charge in [-0.15, -0.1) is 0 Å². The summed E-state index contributed by atoms with van der Waals surface area (Å²) in [6.07, 6.45) is 0. The molecule has 0 aliphatic rings. The molecule has 0 saturated heterocycles. The van der Waals surface area contributed by atoms with Gasteiger partial charge < -0.3 is 5.32 Å². The molecule has 12 heavy (non-hydrogen) atoms. The minimum atomic E-state index is -0.0527. The summed E-state index contributed by atoms with van der Waals surface area (Å²) in [4.78, 5) is 11.0. The van der Waals surface area contributed by atoms with E-state index in [-0.39, 0.29) is 5.91 Å². The van der Waals surface area contributed by atoms with Gasteiger partial charge in [-0.25, -0.2) is 0 Å². The summed E-state index contributed by atoms with van der Waals surface area (Å²) in [5, 5.41) is 2.80. The van der Waals surface area contributed by atoms with E-state index < -0.39 is 0 Å². The lowest BCUT2D eigenvalue weighted by atomic mass is 9.98. The molecule has 1 amide bonds. The first-order chi connectivity index (χ1) is 5.45. The molecule has 0 spiro atoms. The third kappa shape index (κ3) is 4.16. The highest BCUT2D eigenvalue weighted by Crippen LogP contribution is 2.09. The molecule has 69 valence electrons. The molecule has 2 heteroatoms. The van der Waals surface area contributed by atoms with E-state index in [9.17, 15) is 4.79 Å². The summed E-state index contributed by atoms with van der Waals surface area (Å²) in [7, 11) is 0. The van der Waals surface area contributed by atoms with Crippen LogP contribution in [0.3, 0.4) is 0 Å². The molecule has 0 aliphatic carbocycles. The summed E-state index contributed by atoms with van der Waals surface area (Å²) in [5.74, 6) is 1.72. The van der Waals surface area contributed by atoms with Crippen LogP contribution in [0.4, 0.5) is 0 Å². The third-order valence-corrected chi connectivity index (χ3v) is 1.94. The van der Waals surface area contributed by atoms with Gasteiger partial charge in [0.15, 0.2) is 0 Å².